The van der Waals surface area contributed by atoms with E-state index in [9.17, 15) is 26.4 Å². The first-order valence-corrected chi connectivity index (χ1v) is 16.4. The highest BCUT2D eigenvalue weighted by Crippen LogP contribution is 2.24. The number of aromatic nitrogens is 5. The van der Waals surface area contributed by atoms with E-state index in [1.165, 1.54) is 36.9 Å². The third-order valence-electron chi connectivity index (χ3n) is 5.33. The molecule has 0 saturated carbocycles. The van der Waals surface area contributed by atoms with E-state index in [0.717, 1.165) is 12.5 Å². The number of hydrogen-bond acceptors (Lipinski definition) is 14. The molecule has 0 aliphatic heterocycles. The van der Waals surface area contributed by atoms with Crippen molar-refractivity contribution in [2.45, 2.75) is 16.7 Å². The Labute approximate surface area is 247 Å². The van der Waals surface area contributed by atoms with Crippen molar-refractivity contribution < 1.29 is 45.7 Å². The van der Waals surface area contributed by atoms with Crippen LogP contribution in [0.5, 0.6) is 0 Å². The van der Waals surface area contributed by atoms with Crippen LogP contribution in [0.25, 0.3) is 22.5 Å². The second kappa shape index (κ2) is 15.5. The number of carbonyl (C=O) groups excluding carboxylic acids is 1. The van der Waals surface area contributed by atoms with Gasteiger partial charge in [0.2, 0.25) is 30.0 Å². The van der Waals surface area contributed by atoms with Crippen molar-refractivity contribution in [3.63, 3.8) is 0 Å². The molecule has 0 aliphatic rings. The fraction of sp³-hybridized carbons (Fsp3) is 0.400. The molecule has 0 atom stereocenters. The predicted octanol–water partition coefficient (Wildman–Crippen LogP) is 0.0569. The van der Waals surface area contributed by atoms with Crippen LogP contribution in [0.4, 0.5) is 0 Å². The number of amides is 1. The molecule has 0 aliphatic carbocycles. The zero-order chi connectivity index (χ0) is 31.5. The Morgan fingerprint density at radius 1 is 0.721 bits per heavy atom. The first-order chi connectivity index (χ1) is 20.3. The van der Waals surface area contributed by atoms with Crippen LogP contribution >= 0.6 is 0 Å². The van der Waals surface area contributed by atoms with E-state index in [-0.39, 0.29) is 79.9 Å². The van der Waals surface area contributed by atoms with Gasteiger partial charge in [0, 0.05) is 60.5 Å². The van der Waals surface area contributed by atoms with Crippen LogP contribution in [0, 0.1) is 0 Å². The third-order valence-corrected chi connectivity index (χ3v) is 7.08. The monoisotopic (exact) mass is 638 g/mol. The number of aliphatic carboxylic acids is 1. The lowest BCUT2D eigenvalue weighted by molar-refractivity contribution is -0.138. The zero-order valence-corrected chi connectivity index (χ0v) is 24.9. The summed E-state index contributed by atoms with van der Waals surface area (Å²) in [5.74, 6) is -1.40. The van der Waals surface area contributed by atoms with E-state index in [1.54, 1.807) is 0 Å². The Kier molecular flexibility index (Phi) is 12.1. The second-order valence-corrected chi connectivity index (χ2v) is 12.7. The topological polar surface area (TPSA) is 227 Å². The molecular formula is C25H30N6O10S2. The molecule has 0 saturated heterocycles. The van der Waals surface area contributed by atoms with Crippen molar-refractivity contribution in [1.82, 2.24) is 30.2 Å². The van der Waals surface area contributed by atoms with Gasteiger partial charge in [-0.1, -0.05) is 0 Å². The molecule has 0 spiro atoms. The Morgan fingerprint density at radius 3 is 1.56 bits per heavy atom. The summed E-state index contributed by atoms with van der Waals surface area (Å²) in [5, 5.41) is 10.5. The number of carboxylic acids is 1. The summed E-state index contributed by atoms with van der Waals surface area (Å²) in [6.45, 7) is 1.58. The molecular weight excluding hydrogens is 608 g/mol. The Hall–Kier alpha value is -3.97. The first kappa shape index (κ1) is 33.5. The van der Waals surface area contributed by atoms with Crippen LogP contribution in [-0.4, -0.2) is 117 Å². The molecule has 3 heterocycles. The zero-order valence-electron chi connectivity index (χ0n) is 23.3. The smallest absolute Gasteiger partial charge is 0.305 e. The number of hydrogen-bond donors (Lipinski definition) is 2. The van der Waals surface area contributed by atoms with Gasteiger partial charge in [-0.25, -0.2) is 41.8 Å². The number of rotatable bonds is 17. The summed E-state index contributed by atoms with van der Waals surface area (Å²) in [6, 6.07) is 2.94. The SMILES string of the molecule is CS(=O)(=O)c1ncc(-c2cc(C(=O)NCCOCCOCCOCCC(=O)O)cc(-c3cnc(S(C)(=O)=O)nc3)n2)cn1. The van der Waals surface area contributed by atoms with Gasteiger partial charge in [0.05, 0.1) is 57.4 Å². The maximum absolute atomic E-state index is 13.0. The van der Waals surface area contributed by atoms with Gasteiger partial charge in [-0.2, -0.15) is 0 Å². The molecule has 0 bridgehead atoms. The minimum Gasteiger partial charge on any atom is -0.481 e. The van der Waals surface area contributed by atoms with Gasteiger partial charge in [-0.3, -0.25) is 9.59 Å². The van der Waals surface area contributed by atoms with Gasteiger partial charge in [0.1, 0.15) is 0 Å². The molecule has 43 heavy (non-hydrogen) atoms. The quantitative estimate of drug-likeness (QED) is 0.147. The molecule has 232 valence electrons. The number of carboxylic acid groups (broad SMARTS) is 1. The van der Waals surface area contributed by atoms with E-state index in [0.29, 0.717) is 11.1 Å². The minimum atomic E-state index is -3.63. The van der Waals surface area contributed by atoms with Crippen molar-refractivity contribution in [3.8, 4) is 22.5 Å². The Balaban J connectivity index is 1.64. The van der Waals surface area contributed by atoms with Crippen LogP contribution < -0.4 is 5.32 Å². The summed E-state index contributed by atoms with van der Waals surface area (Å²) in [4.78, 5) is 43.4. The fourth-order valence-corrected chi connectivity index (χ4v) is 4.25. The van der Waals surface area contributed by atoms with Crippen LogP contribution in [0.2, 0.25) is 0 Å². The largest absolute Gasteiger partial charge is 0.481 e. The average Bonchev–Trinajstić information content (AvgIpc) is 2.96. The van der Waals surface area contributed by atoms with Gasteiger partial charge in [0.15, 0.2) is 0 Å². The molecule has 2 N–H and O–H groups in total. The van der Waals surface area contributed by atoms with Gasteiger partial charge in [-0.05, 0) is 12.1 Å². The predicted molar refractivity (Wildman–Crippen MR) is 150 cm³/mol. The summed E-state index contributed by atoms with van der Waals surface area (Å²) in [6.07, 6.45) is 6.93. The number of nitrogens with zero attached hydrogens (tertiary/aromatic N) is 5. The normalized spacial score (nSPS) is 11.8. The number of carbonyl (C=O) groups is 2. The maximum Gasteiger partial charge on any atom is 0.305 e. The third kappa shape index (κ3) is 11.0. The molecule has 0 fully saturated rings. The molecule has 16 nitrogen and oxygen atoms in total. The maximum atomic E-state index is 13.0. The lowest BCUT2D eigenvalue weighted by Gasteiger charge is -2.11. The molecule has 1 amide bonds. The molecule has 3 rings (SSSR count). The second-order valence-electron chi connectivity index (χ2n) is 8.92. The Morgan fingerprint density at radius 2 is 1.14 bits per heavy atom. The highest BCUT2D eigenvalue weighted by Gasteiger charge is 2.17. The lowest BCUT2D eigenvalue weighted by Crippen LogP contribution is -2.28. The van der Waals surface area contributed by atoms with Crippen LogP contribution in [0.3, 0.4) is 0 Å². The summed E-state index contributed by atoms with van der Waals surface area (Å²) in [7, 11) is -7.27. The highest BCUT2D eigenvalue weighted by atomic mass is 32.2. The summed E-state index contributed by atoms with van der Waals surface area (Å²) < 4.78 is 62.8. The lowest BCUT2D eigenvalue weighted by atomic mass is 10.1. The van der Waals surface area contributed by atoms with E-state index in [1.807, 2.05) is 0 Å². The minimum absolute atomic E-state index is 0.0727. The van der Waals surface area contributed by atoms with E-state index in [4.69, 9.17) is 19.3 Å². The molecule has 0 aromatic carbocycles. The highest BCUT2D eigenvalue weighted by molar-refractivity contribution is 7.90. The van der Waals surface area contributed by atoms with E-state index < -0.39 is 31.6 Å². The van der Waals surface area contributed by atoms with Gasteiger partial charge < -0.3 is 24.6 Å². The van der Waals surface area contributed by atoms with E-state index in [2.05, 4.69) is 30.2 Å². The van der Waals surface area contributed by atoms with Crippen molar-refractivity contribution in [2.24, 2.45) is 0 Å². The molecule has 0 unspecified atom stereocenters. The first-order valence-electron chi connectivity index (χ1n) is 12.6. The van der Waals surface area contributed by atoms with Crippen molar-refractivity contribution in [2.75, 3.05) is 58.7 Å². The number of sulfone groups is 2. The Bertz CT molecular complexity index is 1520. The van der Waals surface area contributed by atoms with Gasteiger partial charge in [0.25, 0.3) is 5.91 Å². The van der Waals surface area contributed by atoms with Crippen molar-refractivity contribution >= 4 is 31.6 Å². The molecule has 3 aromatic rings. The van der Waals surface area contributed by atoms with Crippen molar-refractivity contribution in [3.05, 3.63) is 42.5 Å². The standard InChI is InChI=1S/C25H30N6O10S2/c1-42(35,36)24-27-13-18(14-28-24)20-11-17(12-21(31-20)19-15-29-25(30-16-19)43(2,37)38)23(34)26-4-6-40-8-10-41-9-7-39-5-3-22(32)33/h11-16H,3-10H2,1-2H3,(H,26,34)(H,32,33). The van der Waals surface area contributed by atoms with Gasteiger partial charge >= 0.3 is 5.97 Å². The van der Waals surface area contributed by atoms with Crippen molar-refractivity contribution in [1.29, 1.82) is 0 Å². The van der Waals surface area contributed by atoms with Crippen LogP contribution in [0.1, 0.15) is 16.8 Å². The average molecular weight is 639 g/mol. The van der Waals surface area contributed by atoms with E-state index >= 15 is 0 Å². The summed E-state index contributed by atoms with van der Waals surface area (Å²) in [5.41, 5.74) is 1.33. The van der Waals surface area contributed by atoms with Crippen LogP contribution in [0.15, 0.2) is 47.2 Å². The molecule has 18 heteroatoms. The van der Waals surface area contributed by atoms with Crippen LogP contribution in [-0.2, 0) is 38.7 Å². The number of ether oxygens (including phenoxy) is 3. The number of pyridine rings is 1. The molecule has 0 radical (unpaired) electrons. The fourth-order valence-electron chi connectivity index (χ4n) is 3.28. The molecule has 3 aromatic heterocycles. The van der Waals surface area contributed by atoms with Gasteiger partial charge in [-0.15, -0.1) is 0 Å². The number of nitrogens with one attached hydrogen (secondary N) is 1. The summed E-state index contributed by atoms with van der Waals surface area (Å²) >= 11 is 0.